The third kappa shape index (κ3) is 1.91. The van der Waals surface area contributed by atoms with E-state index in [1.807, 2.05) is 31.3 Å². The highest BCUT2D eigenvalue weighted by atomic mass is 15.3. The number of hydrogen-bond donors (Lipinski definition) is 1. The van der Waals surface area contributed by atoms with Gasteiger partial charge in [0.15, 0.2) is 6.04 Å². The van der Waals surface area contributed by atoms with Crippen LogP contribution in [0.25, 0.3) is 0 Å². The molecular weight excluding hydrogens is 238 g/mol. The highest BCUT2D eigenvalue weighted by molar-refractivity contribution is 6.27. The summed E-state index contributed by atoms with van der Waals surface area (Å²) in [6.07, 6.45) is 1.06. The van der Waals surface area contributed by atoms with E-state index < -0.39 is 0 Å². The lowest BCUT2D eigenvalue weighted by Gasteiger charge is -2.17. The number of nitrogens with two attached hydrogens (primary N) is 1. The van der Waals surface area contributed by atoms with Crippen LogP contribution in [0.3, 0.4) is 0 Å². The Kier molecular flexibility index (Phi) is 2.81. The number of fused-ring (bicyclic) bond motifs is 3. The highest BCUT2D eigenvalue weighted by Crippen LogP contribution is 2.29. The fraction of sp³-hybridized carbons (Fsp3) is 0.357. The van der Waals surface area contributed by atoms with Crippen molar-refractivity contribution in [3.05, 3.63) is 29.8 Å². The fourth-order valence-electron chi connectivity index (χ4n) is 2.40. The number of guanidine groups is 1. The van der Waals surface area contributed by atoms with Gasteiger partial charge in [-0.1, -0.05) is 25.1 Å². The Hall–Kier alpha value is -2.17. The zero-order valence-electron chi connectivity index (χ0n) is 11.2. The van der Waals surface area contributed by atoms with Gasteiger partial charge in [0.25, 0.3) is 0 Å². The second kappa shape index (κ2) is 4.50. The maximum absolute atomic E-state index is 6.01. The SMILES string of the molecule is CCCN(C)C1=NC2C(N)=Nc3ccccc3C2=N1. The van der Waals surface area contributed by atoms with Crippen LogP contribution >= 0.6 is 0 Å². The van der Waals surface area contributed by atoms with Crippen molar-refractivity contribution in [2.24, 2.45) is 20.7 Å². The van der Waals surface area contributed by atoms with Crippen molar-refractivity contribution < 1.29 is 0 Å². The minimum atomic E-state index is -0.218. The molecule has 5 heteroatoms. The standard InChI is InChI=1S/C14H17N5/c1-3-8-19(2)14-17-11-9-6-4-5-7-10(9)16-13(15)12(11)18-14/h4-7,12H,3,8H2,1-2H3,(H2,15,16). The first kappa shape index (κ1) is 11.9. The average molecular weight is 255 g/mol. The summed E-state index contributed by atoms with van der Waals surface area (Å²) in [5.41, 5.74) is 8.84. The molecule has 1 unspecified atom stereocenters. The first-order valence-electron chi connectivity index (χ1n) is 6.51. The Morgan fingerprint density at radius 3 is 2.84 bits per heavy atom. The van der Waals surface area contributed by atoms with E-state index in [1.165, 1.54) is 0 Å². The molecule has 0 saturated carbocycles. The van der Waals surface area contributed by atoms with Crippen LogP contribution in [0.15, 0.2) is 39.2 Å². The van der Waals surface area contributed by atoms with Crippen LogP contribution in [0.4, 0.5) is 5.69 Å². The number of nitrogens with zero attached hydrogens (tertiary/aromatic N) is 4. The molecule has 3 rings (SSSR count). The molecule has 2 N–H and O–H groups in total. The van der Waals surface area contributed by atoms with Gasteiger partial charge < -0.3 is 10.6 Å². The van der Waals surface area contributed by atoms with Gasteiger partial charge in [-0.3, -0.25) is 0 Å². The molecule has 0 aliphatic carbocycles. The Morgan fingerprint density at radius 1 is 1.26 bits per heavy atom. The van der Waals surface area contributed by atoms with Gasteiger partial charge in [0.05, 0.1) is 11.4 Å². The van der Waals surface area contributed by atoms with Crippen LogP contribution in [0.2, 0.25) is 0 Å². The van der Waals surface area contributed by atoms with Crippen LogP contribution in [-0.2, 0) is 0 Å². The molecule has 0 amide bonds. The quantitative estimate of drug-likeness (QED) is 0.871. The minimum Gasteiger partial charge on any atom is -0.385 e. The summed E-state index contributed by atoms with van der Waals surface area (Å²) in [5, 5.41) is 0. The molecule has 0 fully saturated rings. The van der Waals surface area contributed by atoms with Crippen molar-refractivity contribution in [2.75, 3.05) is 13.6 Å². The van der Waals surface area contributed by atoms with E-state index in [0.717, 1.165) is 35.9 Å². The fourth-order valence-corrected chi connectivity index (χ4v) is 2.40. The van der Waals surface area contributed by atoms with Gasteiger partial charge in [-0.15, -0.1) is 0 Å². The summed E-state index contributed by atoms with van der Waals surface area (Å²) >= 11 is 0. The third-order valence-corrected chi connectivity index (χ3v) is 3.33. The largest absolute Gasteiger partial charge is 0.385 e. The minimum absolute atomic E-state index is 0.218. The third-order valence-electron chi connectivity index (χ3n) is 3.33. The molecule has 2 aliphatic heterocycles. The molecular formula is C14H17N5. The highest BCUT2D eigenvalue weighted by Gasteiger charge is 2.33. The van der Waals surface area contributed by atoms with E-state index in [4.69, 9.17) is 5.73 Å². The number of para-hydroxylation sites is 1. The molecule has 2 aliphatic rings. The van der Waals surface area contributed by atoms with Crippen molar-refractivity contribution in [1.29, 1.82) is 0 Å². The summed E-state index contributed by atoms with van der Waals surface area (Å²) in [7, 11) is 2.00. The van der Waals surface area contributed by atoms with Gasteiger partial charge in [-0.25, -0.2) is 15.0 Å². The van der Waals surface area contributed by atoms with Crippen molar-refractivity contribution in [3.63, 3.8) is 0 Å². The van der Waals surface area contributed by atoms with E-state index in [0.29, 0.717) is 5.84 Å². The molecule has 0 spiro atoms. The monoisotopic (exact) mass is 255 g/mol. The first-order valence-corrected chi connectivity index (χ1v) is 6.51. The summed E-state index contributed by atoms with van der Waals surface area (Å²) in [5.74, 6) is 1.27. The number of aliphatic imine (C=N–C) groups is 3. The molecule has 19 heavy (non-hydrogen) atoms. The van der Waals surface area contributed by atoms with Crippen molar-refractivity contribution in [3.8, 4) is 0 Å². The lowest BCUT2D eigenvalue weighted by atomic mass is 9.98. The number of amidine groups is 1. The van der Waals surface area contributed by atoms with E-state index >= 15 is 0 Å². The molecule has 0 saturated heterocycles. The Labute approximate surface area is 112 Å². The van der Waals surface area contributed by atoms with Gasteiger partial charge in [0.1, 0.15) is 5.84 Å². The molecule has 0 bridgehead atoms. The first-order chi connectivity index (χ1) is 9.20. The Balaban J connectivity index is 2.02. The molecule has 0 radical (unpaired) electrons. The van der Waals surface area contributed by atoms with E-state index in [9.17, 15) is 0 Å². The second-order valence-electron chi connectivity index (χ2n) is 4.80. The maximum atomic E-state index is 6.01. The number of hydrogen-bond acceptors (Lipinski definition) is 5. The lowest BCUT2D eigenvalue weighted by Crippen LogP contribution is -2.35. The van der Waals surface area contributed by atoms with Gasteiger partial charge in [-0.2, -0.15) is 0 Å². The topological polar surface area (TPSA) is 66.3 Å². The van der Waals surface area contributed by atoms with Crippen molar-refractivity contribution in [1.82, 2.24) is 4.90 Å². The summed E-state index contributed by atoms with van der Waals surface area (Å²) in [6, 6.07) is 7.70. The van der Waals surface area contributed by atoms with E-state index in [2.05, 4.69) is 26.8 Å². The molecule has 5 nitrogen and oxygen atoms in total. The molecule has 2 heterocycles. The molecule has 1 atom stereocenters. The van der Waals surface area contributed by atoms with Gasteiger partial charge >= 0.3 is 0 Å². The van der Waals surface area contributed by atoms with Crippen LogP contribution in [0.1, 0.15) is 18.9 Å². The Morgan fingerprint density at radius 2 is 2.05 bits per heavy atom. The molecule has 0 aromatic heterocycles. The van der Waals surface area contributed by atoms with Crippen LogP contribution in [-0.4, -0.2) is 42.0 Å². The normalized spacial score (nSPS) is 20.1. The zero-order valence-corrected chi connectivity index (χ0v) is 11.2. The summed E-state index contributed by atoms with van der Waals surface area (Å²) < 4.78 is 0. The van der Waals surface area contributed by atoms with Crippen LogP contribution in [0.5, 0.6) is 0 Å². The number of benzene rings is 1. The zero-order chi connectivity index (χ0) is 13.4. The molecule has 98 valence electrons. The second-order valence-corrected chi connectivity index (χ2v) is 4.80. The smallest absolute Gasteiger partial charge is 0.221 e. The van der Waals surface area contributed by atoms with Crippen molar-refractivity contribution >= 4 is 23.2 Å². The predicted molar refractivity (Wildman–Crippen MR) is 78.4 cm³/mol. The number of rotatable bonds is 2. The van der Waals surface area contributed by atoms with E-state index in [1.54, 1.807) is 0 Å². The van der Waals surface area contributed by atoms with E-state index in [-0.39, 0.29) is 6.04 Å². The van der Waals surface area contributed by atoms with Gasteiger partial charge in [0.2, 0.25) is 5.96 Å². The average Bonchev–Trinajstić information content (AvgIpc) is 2.85. The summed E-state index contributed by atoms with van der Waals surface area (Å²) in [4.78, 5) is 15.7. The molecule has 1 aromatic carbocycles. The van der Waals surface area contributed by atoms with Crippen LogP contribution in [0, 0.1) is 0 Å². The van der Waals surface area contributed by atoms with Gasteiger partial charge in [0, 0.05) is 19.2 Å². The van der Waals surface area contributed by atoms with Crippen LogP contribution < -0.4 is 5.73 Å². The molecule has 1 aromatic rings. The van der Waals surface area contributed by atoms with Crippen molar-refractivity contribution in [2.45, 2.75) is 19.4 Å². The van der Waals surface area contributed by atoms with Gasteiger partial charge in [-0.05, 0) is 12.5 Å². The lowest BCUT2D eigenvalue weighted by molar-refractivity contribution is 0.496. The predicted octanol–water partition coefficient (Wildman–Crippen LogP) is 1.56. The summed E-state index contributed by atoms with van der Waals surface area (Å²) in [6.45, 7) is 3.07. The maximum Gasteiger partial charge on any atom is 0.221 e. The Bertz CT molecular complexity index is 600.